The third kappa shape index (κ3) is 3.20. The lowest BCUT2D eigenvalue weighted by Crippen LogP contribution is -1.99. The van der Waals surface area contributed by atoms with Crippen LogP contribution in [0.2, 0.25) is 0 Å². The van der Waals surface area contributed by atoms with Gasteiger partial charge in [0.2, 0.25) is 4.96 Å². The molecule has 0 aliphatic rings. The lowest BCUT2D eigenvalue weighted by molar-refractivity contribution is 0.636. The second-order valence-corrected chi connectivity index (χ2v) is 7.13. The van der Waals surface area contributed by atoms with Crippen LogP contribution in [-0.4, -0.2) is 35.7 Å². The molecule has 0 spiro atoms. The lowest BCUT2D eigenvalue weighted by Gasteiger charge is -2.00. The van der Waals surface area contributed by atoms with Crippen LogP contribution >= 0.6 is 11.3 Å². The standard InChI is InChI=1S/C17H17N7S/c1-12(2)8-15-22-24-14(9-20-23-10-18-19-11-23)16(21-17(24)25-15)13-6-4-3-5-7-13/h3-7,9-12H,8H2,1-2H3/b20-9-. The van der Waals surface area contributed by atoms with Gasteiger partial charge in [-0.1, -0.05) is 55.5 Å². The summed E-state index contributed by atoms with van der Waals surface area (Å²) in [6, 6.07) is 10.1. The van der Waals surface area contributed by atoms with Gasteiger partial charge in [-0.15, -0.1) is 10.2 Å². The Kier molecular flexibility index (Phi) is 4.10. The molecule has 1 aromatic carbocycles. The maximum atomic E-state index is 4.80. The molecule has 0 fully saturated rings. The summed E-state index contributed by atoms with van der Waals surface area (Å²) in [6.45, 7) is 4.38. The Balaban J connectivity index is 1.83. The zero-order valence-corrected chi connectivity index (χ0v) is 14.8. The Bertz CT molecular complexity index is 997. The van der Waals surface area contributed by atoms with Crippen molar-refractivity contribution in [3.8, 4) is 11.3 Å². The normalized spacial score (nSPS) is 12.0. The molecule has 3 aromatic heterocycles. The zero-order valence-electron chi connectivity index (χ0n) is 13.9. The third-order valence-corrected chi connectivity index (χ3v) is 4.56. The molecule has 0 bridgehead atoms. The average Bonchev–Trinajstić information content (AvgIpc) is 3.29. The second-order valence-electron chi connectivity index (χ2n) is 6.09. The molecule has 0 N–H and O–H groups in total. The van der Waals surface area contributed by atoms with Gasteiger partial charge in [0, 0.05) is 12.0 Å². The first-order valence-electron chi connectivity index (χ1n) is 8.03. The summed E-state index contributed by atoms with van der Waals surface area (Å²) in [5, 5.41) is 17.7. The van der Waals surface area contributed by atoms with Gasteiger partial charge >= 0.3 is 0 Å². The van der Waals surface area contributed by atoms with Crippen molar-refractivity contribution in [1.29, 1.82) is 0 Å². The number of aromatic nitrogens is 6. The molecule has 0 unspecified atom stereocenters. The van der Waals surface area contributed by atoms with E-state index in [1.807, 2.05) is 34.8 Å². The fourth-order valence-electron chi connectivity index (χ4n) is 2.54. The van der Waals surface area contributed by atoms with E-state index in [4.69, 9.17) is 10.1 Å². The van der Waals surface area contributed by atoms with E-state index in [0.717, 1.165) is 33.3 Å². The van der Waals surface area contributed by atoms with Crippen LogP contribution in [0.1, 0.15) is 24.5 Å². The highest BCUT2D eigenvalue weighted by Crippen LogP contribution is 2.26. The number of benzene rings is 1. The quantitative estimate of drug-likeness (QED) is 0.518. The van der Waals surface area contributed by atoms with Gasteiger partial charge in [0.1, 0.15) is 29.1 Å². The summed E-state index contributed by atoms with van der Waals surface area (Å²) in [5.41, 5.74) is 2.75. The molecule has 3 heterocycles. The molecule has 4 aromatic rings. The second kappa shape index (κ2) is 6.56. The van der Waals surface area contributed by atoms with Gasteiger partial charge in [0.15, 0.2) is 0 Å². The number of hydrogen-bond donors (Lipinski definition) is 0. The highest BCUT2D eigenvalue weighted by molar-refractivity contribution is 7.16. The van der Waals surface area contributed by atoms with Crippen molar-refractivity contribution in [2.24, 2.45) is 11.0 Å². The van der Waals surface area contributed by atoms with E-state index < -0.39 is 0 Å². The molecular weight excluding hydrogens is 334 g/mol. The van der Waals surface area contributed by atoms with Gasteiger partial charge in [-0.25, -0.2) is 14.2 Å². The molecule has 0 amide bonds. The first kappa shape index (κ1) is 15.6. The first-order chi connectivity index (χ1) is 12.2. The molecule has 0 atom stereocenters. The van der Waals surface area contributed by atoms with Gasteiger partial charge in [0.05, 0.1) is 6.21 Å². The molecule has 126 valence electrons. The van der Waals surface area contributed by atoms with Gasteiger partial charge in [-0.2, -0.15) is 10.2 Å². The van der Waals surface area contributed by atoms with Crippen molar-refractivity contribution < 1.29 is 0 Å². The molecule has 0 aliphatic carbocycles. The Morgan fingerprint density at radius 2 is 1.92 bits per heavy atom. The third-order valence-electron chi connectivity index (χ3n) is 3.63. The fraction of sp³-hybridized carbons (Fsp3) is 0.235. The Labute approximate surface area is 148 Å². The smallest absolute Gasteiger partial charge is 0.213 e. The summed E-state index contributed by atoms with van der Waals surface area (Å²) >= 11 is 1.63. The average molecular weight is 351 g/mol. The van der Waals surface area contributed by atoms with Crippen molar-refractivity contribution in [3.05, 3.63) is 53.7 Å². The van der Waals surface area contributed by atoms with E-state index in [0.29, 0.717) is 5.92 Å². The number of hydrogen-bond acceptors (Lipinski definition) is 6. The summed E-state index contributed by atoms with van der Waals surface area (Å²) in [7, 11) is 0. The van der Waals surface area contributed by atoms with E-state index in [1.54, 1.807) is 34.9 Å². The number of nitrogens with zero attached hydrogens (tertiary/aromatic N) is 7. The molecule has 0 aliphatic heterocycles. The van der Waals surface area contributed by atoms with E-state index in [1.165, 1.54) is 0 Å². The predicted molar refractivity (Wildman–Crippen MR) is 97.9 cm³/mol. The molecular formula is C17H17N7S. The molecule has 8 heteroatoms. The van der Waals surface area contributed by atoms with Crippen LogP contribution in [0.15, 0.2) is 48.1 Å². The van der Waals surface area contributed by atoms with Crippen LogP contribution in [0.3, 0.4) is 0 Å². The maximum absolute atomic E-state index is 4.80. The Morgan fingerprint density at radius 1 is 1.16 bits per heavy atom. The van der Waals surface area contributed by atoms with Crippen LogP contribution in [-0.2, 0) is 6.42 Å². The lowest BCUT2D eigenvalue weighted by atomic mass is 10.1. The molecule has 7 nitrogen and oxygen atoms in total. The minimum Gasteiger partial charge on any atom is -0.217 e. The SMILES string of the molecule is CC(C)Cc1nn2c(/C=N\n3cnnc3)c(-c3ccccc3)nc2s1. The fourth-order valence-corrected chi connectivity index (χ4v) is 3.65. The zero-order chi connectivity index (χ0) is 17.2. The number of fused-ring (bicyclic) bond motifs is 1. The van der Waals surface area contributed by atoms with E-state index >= 15 is 0 Å². The van der Waals surface area contributed by atoms with Crippen LogP contribution < -0.4 is 0 Å². The van der Waals surface area contributed by atoms with Crippen LogP contribution in [0.5, 0.6) is 0 Å². The van der Waals surface area contributed by atoms with Gasteiger partial charge in [-0.3, -0.25) is 0 Å². The summed E-state index contributed by atoms with van der Waals surface area (Å²) in [6.07, 6.45) is 5.78. The molecule has 4 rings (SSSR count). The minimum atomic E-state index is 0.554. The topological polar surface area (TPSA) is 73.3 Å². The Morgan fingerprint density at radius 3 is 2.64 bits per heavy atom. The van der Waals surface area contributed by atoms with E-state index in [-0.39, 0.29) is 0 Å². The largest absolute Gasteiger partial charge is 0.217 e. The summed E-state index contributed by atoms with van der Waals surface area (Å²) < 4.78 is 3.42. The minimum absolute atomic E-state index is 0.554. The van der Waals surface area contributed by atoms with Crippen molar-refractivity contribution in [2.75, 3.05) is 0 Å². The van der Waals surface area contributed by atoms with Crippen LogP contribution in [0, 0.1) is 5.92 Å². The van der Waals surface area contributed by atoms with Crippen LogP contribution in [0.25, 0.3) is 16.2 Å². The molecule has 0 saturated carbocycles. The molecule has 0 radical (unpaired) electrons. The first-order valence-corrected chi connectivity index (χ1v) is 8.85. The highest BCUT2D eigenvalue weighted by atomic mass is 32.1. The van der Waals surface area contributed by atoms with Crippen LogP contribution in [0.4, 0.5) is 0 Å². The molecule has 0 saturated heterocycles. The van der Waals surface area contributed by atoms with Gasteiger partial charge in [-0.05, 0) is 5.92 Å². The number of rotatable bonds is 5. The number of imidazole rings is 1. The van der Waals surface area contributed by atoms with Gasteiger partial charge in [0.25, 0.3) is 0 Å². The van der Waals surface area contributed by atoms with E-state index in [9.17, 15) is 0 Å². The predicted octanol–water partition coefficient (Wildman–Crippen LogP) is 3.13. The highest BCUT2D eigenvalue weighted by Gasteiger charge is 2.17. The van der Waals surface area contributed by atoms with Crippen molar-refractivity contribution in [1.82, 2.24) is 29.5 Å². The van der Waals surface area contributed by atoms with Crippen molar-refractivity contribution in [3.63, 3.8) is 0 Å². The molecule has 25 heavy (non-hydrogen) atoms. The van der Waals surface area contributed by atoms with Crippen molar-refractivity contribution >= 4 is 22.5 Å². The van der Waals surface area contributed by atoms with Crippen molar-refractivity contribution in [2.45, 2.75) is 20.3 Å². The Hall–Kier alpha value is -2.87. The summed E-state index contributed by atoms with van der Waals surface area (Å²) in [4.78, 5) is 5.67. The maximum Gasteiger partial charge on any atom is 0.213 e. The van der Waals surface area contributed by atoms with Gasteiger partial charge < -0.3 is 0 Å². The summed E-state index contributed by atoms with van der Waals surface area (Å²) in [5.74, 6) is 0.554. The van der Waals surface area contributed by atoms with E-state index in [2.05, 4.69) is 29.1 Å². The monoisotopic (exact) mass is 351 g/mol.